The lowest BCUT2D eigenvalue weighted by Crippen LogP contribution is -2.27. The smallest absolute Gasteiger partial charge is 0.335 e. The lowest BCUT2D eigenvalue weighted by molar-refractivity contribution is -0.132. The van der Waals surface area contributed by atoms with E-state index < -0.39 is 5.97 Å². The monoisotopic (exact) mass is 193 g/mol. The summed E-state index contributed by atoms with van der Waals surface area (Å²) in [6, 6.07) is -0.0201. The Morgan fingerprint density at radius 3 is 3.00 bits per heavy atom. The summed E-state index contributed by atoms with van der Waals surface area (Å²) in [6.07, 6.45) is 6.82. The molecule has 1 aliphatic carbocycles. The fourth-order valence-corrected chi connectivity index (χ4v) is 1.78. The number of carbonyl (C=O) groups is 1. The topological polar surface area (TPSA) is 69.6 Å². The largest absolute Gasteiger partial charge is 0.478 e. The number of hydrogen-bond donors (Lipinski definition) is 3. The first-order valence-corrected chi connectivity index (χ1v) is 4.41. The molecule has 2 atom stereocenters. The lowest BCUT2D eigenvalue weighted by atomic mass is 9.89. The summed E-state index contributed by atoms with van der Waals surface area (Å²) in [5, 5.41) is 20.8. The highest BCUT2D eigenvalue weighted by Crippen LogP contribution is 2.27. The molecule has 0 aromatic rings. The molecule has 1 heterocycles. The minimum Gasteiger partial charge on any atom is -0.478 e. The first kappa shape index (κ1) is 9.02. The van der Waals surface area contributed by atoms with Crippen LogP contribution in [0.4, 0.5) is 0 Å². The zero-order chi connectivity index (χ0) is 10.1. The van der Waals surface area contributed by atoms with Crippen molar-refractivity contribution in [2.45, 2.75) is 6.04 Å². The van der Waals surface area contributed by atoms with E-state index in [9.17, 15) is 4.79 Å². The molecule has 4 heteroatoms. The van der Waals surface area contributed by atoms with Crippen molar-refractivity contribution in [3.05, 3.63) is 35.6 Å². The van der Waals surface area contributed by atoms with Gasteiger partial charge in [-0.2, -0.15) is 0 Å². The van der Waals surface area contributed by atoms with Gasteiger partial charge in [0.15, 0.2) is 0 Å². The highest BCUT2D eigenvalue weighted by atomic mass is 16.4. The Morgan fingerprint density at radius 1 is 1.57 bits per heavy atom. The summed E-state index contributed by atoms with van der Waals surface area (Å²) >= 11 is 0. The number of aliphatic hydroxyl groups excluding tert-OH is 1. The van der Waals surface area contributed by atoms with E-state index in [0.29, 0.717) is 5.57 Å². The van der Waals surface area contributed by atoms with Gasteiger partial charge in [-0.15, -0.1) is 0 Å². The average Bonchev–Trinajstić information content (AvgIpc) is 2.59. The molecule has 14 heavy (non-hydrogen) atoms. The number of carboxylic acid groups (broad SMARTS) is 1. The van der Waals surface area contributed by atoms with Crippen LogP contribution < -0.4 is 5.32 Å². The van der Waals surface area contributed by atoms with Crippen molar-refractivity contribution >= 4 is 5.97 Å². The second-order valence-corrected chi connectivity index (χ2v) is 3.38. The number of fused-ring (bicyclic) bond motifs is 1. The van der Waals surface area contributed by atoms with Crippen LogP contribution in [0, 0.1) is 5.92 Å². The summed E-state index contributed by atoms with van der Waals surface area (Å²) in [5.41, 5.74) is 1.19. The van der Waals surface area contributed by atoms with Crippen molar-refractivity contribution in [1.29, 1.82) is 0 Å². The van der Waals surface area contributed by atoms with Crippen molar-refractivity contribution < 1.29 is 15.0 Å². The Morgan fingerprint density at radius 2 is 2.36 bits per heavy atom. The van der Waals surface area contributed by atoms with Crippen molar-refractivity contribution in [3.63, 3.8) is 0 Å². The van der Waals surface area contributed by atoms with Gasteiger partial charge in [0.2, 0.25) is 0 Å². The van der Waals surface area contributed by atoms with Gasteiger partial charge >= 0.3 is 5.97 Å². The molecule has 0 fully saturated rings. The van der Waals surface area contributed by atoms with Crippen LogP contribution in [0.15, 0.2) is 35.6 Å². The normalized spacial score (nSPS) is 28.9. The summed E-state index contributed by atoms with van der Waals surface area (Å²) in [7, 11) is 0. The molecule has 1 aliphatic heterocycles. The Labute approximate surface area is 81.2 Å². The van der Waals surface area contributed by atoms with E-state index in [0.717, 1.165) is 5.57 Å². The van der Waals surface area contributed by atoms with Gasteiger partial charge < -0.3 is 15.5 Å². The second-order valence-electron chi connectivity index (χ2n) is 3.38. The number of aliphatic carboxylic acids is 1. The highest BCUT2D eigenvalue weighted by molar-refractivity contribution is 5.90. The molecular weight excluding hydrogens is 182 g/mol. The quantitative estimate of drug-likeness (QED) is 0.578. The van der Waals surface area contributed by atoms with Crippen LogP contribution >= 0.6 is 0 Å². The summed E-state index contributed by atoms with van der Waals surface area (Å²) in [5.74, 6) is -0.818. The maximum absolute atomic E-state index is 10.7. The van der Waals surface area contributed by atoms with Crippen molar-refractivity contribution in [2.24, 2.45) is 5.92 Å². The molecule has 2 unspecified atom stereocenters. The van der Waals surface area contributed by atoms with Crippen LogP contribution in [0.25, 0.3) is 0 Å². The molecule has 0 spiro atoms. The molecule has 74 valence electrons. The molecular formula is C10H11NO3. The Kier molecular flexibility index (Phi) is 2.13. The van der Waals surface area contributed by atoms with Gasteiger partial charge in [-0.3, -0.25) is 0 Å². The molecule has 3 N–H and O–H groups in total. The molecule has 0 aromatic heterocycles. The van der Waals surface area contributed by atoms with Crippen LogP contribution in [0.5, 0.6) is 0 Å². The fraction of sp³-hybridized carbons (Fsp3) is 0.300. The van der Waals surface area contributed by atoms with E-state index in [-0.39, 0.29) is 18.6 Å². The van der Waals surface area contributed by atoms with Gasteiger partial charge in [-0.25, -0.2) is 4.79 Å². The fourth-order valence-electron chi connectivity index (χ4n) is 1.78. The van der Waals surface area contributed by atoms with Crippen molar-refractivity contribution in [1.82, 2.24) is 5.32 Å². The van der Waals surface area contributed by atoms with E-state index in [4.69, 9.17) is 10.2 Å². The summed E-state index contributed by atoms with van der Waals surface area (Å²) in [4.78, 5) is 10.7. The molecule has 0 amide bonds. The van der Waals surface area contributed by atoms with Crippen LogP contribution in [0.1, 0.15) is 0 Å². The van der Waals surface area contributed by atoms with Crippen LogP contribution in [0.2, 0.25) is 0 Å². The van der Waals surface area contributed by atoms with Gasteiger partial charge in [-0.05, 0) is 17.8 Å². The predicted molar refractivity (Wildman–Crippen MR) is 50.4 cm³/mol. The standard InChI is InChI=1S/C10H11NO3/c12-5-7-4-11-9-3-6(10(13)14)1-2-8(7)9/h1-4,8-9,11-12H,5H2,(H,13,14). The van der Waals surface area contributed by atoms with Crippen LogP contribution in [-0.4, -0.2) is 28.8 Å². The first-order valence-electron chi connectivity index (χ1n) is 4.41. The third-order valence-electron chi connectivity index (χ3n) is 2.55. The summed E-state index contributed by atoms with van der Waals surface area (Å²) < 4.78 is 0. The number of nitrogens with one attached hydrogen (secondary N) is 1. The zero-order valence-corrected chi connectivity index (χ0v) is 7.47. The van der Waals surface area contributed by atoms with E-state index in [2.05, 4.69) is 5.32 Å². The molecule has 2 aliphatic rings. The number of hydrogen-bond acceptors (Lipinski definition) is 3. The molecule has 0 saturated carbocycles. The van der Waals surface area contributed by atoms with Gasteiger partial charge in [-0.1, -0.05) is 12.2 Å². The van der Waals surface area contributed by atoms with Crippen molar-refractivity contribution in [3.8, 4) is 0 Å². The maximum Gasteiger partial charge on any atom is 0.335 e. The number of aliphatic hydroxyl groups is 1. The third-order valence-corrected chi connectivity index (χ3v) is 2.55. The zero-order valence-electron chi connectivity index (χ0n) is 7.47. The molecule has 2 rings (SSSR count). The SMILES string of the molecule is O=C(O)C1=CC2NC=C(CO)C2C=C1. The maximum atomic E-state index is 10.7. The Hall–Kier alpha value is -1.55. The lowest BCUT2D eigenvalue weighted by Gasteiger charge is -2.19. The molecule has 0 radical (unpaired) electrons. The highest BCUT2D eigenvalue weighted by Gasteiger charge is 2.28. The van der Waals surface area contributed by atoms with E-state index in [1.54, 1.807) is 18.4 Å². The predicted octanol–water partition coefficient (Wildman–Crippen LogP) is 0.0314. The molecule has 4 nitrogen and oxygen atoms in total. The summed E-state index contributed by atoms with van der Waals surface area (Å²) in [6.45, 7) is 0.00868. The first-order chi connectivity index (χ1) is 6.72. The van der Waals surface area contributed by atoms with Gasteiger partial charge in [0, 0.05) is 5.92 Å². The van der Waals surface area contributed by atoms with Gasteiger partial charge in [0.05, 0.1) is 18.2 Å². The Bertz CT molecular complexity index is 354. The van der Waals surface area contributed by atoms with Crippen LogP contribution in [0.3, 0.4) is 0 Å². The molecule has 0 bridgehead atoms. The minimum atomic E-state index is -0.918. The molecule has 0 aromatic carbocycles. The second kappa shape index (κ2) is 3.31. The van der Waals surface area contributed by atoms with Crippen LogP contribution in [-0.2, 0) is 4.79 Å². The van der Waals surface area contributed by atoms with Crippen molar-refractivity contribution in [2.75, 3.05) is 6.61 Å². The Balaban J connectivity index is 2.20. The minimum absolute atomic E-state index is 0.00868. The molecule has 0 saturated heterocycles. The number of carboxylic acids is 1. The van der Waals surface area contributed by atoms with E-state index in [1.165, 1.54) is 0 Å². The van der Waals surface area contributed by atoms with Gasteiger partial charge in [0.1, 0.15) is 0 Å². The average molecular weight is 193 g/mol. The third kappa shape index (κ3) is 1.33. The number of rotatable bonds is 2. The van der Waals surface area contributed by atoms with E-state index >= 15 is 0 Å². The van der Waals surface area contributed by atoms with Gasteiger partial charge in [0.25, 0.3) is 0 Å². The van der Waals surface area contributed by atoms with E-state index in [1.807, 2.05) is 6.08 Å².